The van der Waals surface area contributed by atoms with Gasteiger partial charge >= 0.3 is 0 Å². The molecule has 130 valence electrons. The molecule has 5 heteroatoms. The Balaban J connectivity index is 1.99. The van der Waals surface area contributed by atoms with Gasteiger partial charge in [0, 0.05) is 44.4 Å². The molecule has 2 aromatic rings. The van der Waals surface area contributed by atoms with Gasteiger partial charge in [-0.3, -0.25) is 9.67 Å². The number of aryl methyl sites for hydroxylation is 1. The number of aromatic nitrogens is 2. The number of guanidine groups is 1. The van der Waals surface area contributed by atoms with Gasteiger partial charge in [0.05, 0.1) is 6.20 Å². The minimum absolute atomic E-state index is 0.118. The van der Waals surface area contributed by atoms with Gasteiger partial charge in [-0.15, -0.1) is 0 Å². The maximum absolute atomic E-state index is 4.34. The molecule has 0 aliphatic carbocycles. The Morgan fingerprint density at radius 1 is 1.17 bits per heavy atom. The molecule has 24 heavy (non-hydrogen) atoms. The zero-order valence-electron chi connectivity index (χ0n) is 15.2. The summed E-state index contributed by atoms with van der Waals surface area (Å²) < 4.78 is 1.81. The lowest BCUT2D eigenvalue weighted by Crippen LogP contribution is -2.45. The van der Waals surface area contributed by atoms with Gasteiger partial charge in [0.25, 0.3) is 0 Å². The molecule has 0 fully saturated rings. The van der Waals surface area contributed by atoms with E-state index in [1.807, 2.05) is 24.1 Å². The second kappa shape index (κ2) is 8.52. The lowest BCUT2D eigenvalue weighted by Gasteiger charge is -2.33. The highest BCUT2D eigenvalue weighted by atomic mass is 15.2. The van der Waals surface area contributed by atoms with Crippen LogP contribution in [0.25, 0.3) is 0 Å². The Morgan fingerprint density at radius 3 is 2.42 bits per heavy atom. The van der Waals surface area contributed by atoms with E-state index >= 15 is 0 Å². The molecule has 0 spiro atoms. The lowest BCUT2D eigenvalue weighted by molar-refractivity contribution is 0.389. The molecule has 0 aliphatic heterocycles. The van der Waals surface area contributed by atoms with Gasteiger partial charge in [-0.05, 0) is 18.4 Å². The summed E-state index contributed by atoms with van der Waals surface area (Å²) >= 11 is 0. The smallest absolute Gasteiger partial charge is 0.191 e. The number of benzene rings is 1. The molecule has 0 unspecified atom stereocenters. The molecule has 0 amide bonds. The van der Waals surface area contributed by atoms with Crippen molar-refractivity contribution >= 4 is 5.96 Å². The highest BCUT2D eigenvalue weighted by molar-refractivity contribution is 5.79. The minimum Gasteiger partial charge on any atom is -0.356 e. The molecule has 2 rings (SSSR count). The van der Waals surface area contributed by atoms with Gasteiger partial charge in [0.15, 0.2) is 5.96 Å². The molecule has 2 N–H and O–H groups in total. The first kappa shape index (κ1) is 18.0. The van der Waals surface area contributed by atoms with Crippen molar-refractivity contribution in [2.75, 3.05) is 13.6 Å². The Kier molecular flexibility index (Phi) is 6.41. The number of hydrogen-bond donors (Lipinski definition) is 2. The zero-order chi connectivity index (χ0) is 17.4. The van der Waals surface area contributed by atoms with Crippen molar-refractivity contribution in [1.29, 1.82) is 0 Å². The van der Waals surface area contributed by atoms with Crippen LogP contribution in [0.15, 0.2) is 47.7 Å². The zero-order valence-corrected chi connectivity index (χ0v) is 15.2. The summed E-state index contributed by atoms with van der Waals surface area (Å²) in [6, 6.07) is 10.7. The standard InChI is InChI=1S/C19H29N5/c1-5-19(6-2,17-10-8-7-9-11-17)15-22-18(20-3)21-12-16-13-23-24(4)14-16/h7-11,13-14H,5-6,12,15H2,1-4H3,(H2,20,21,22). The topological polar surface area (TPSA) is 54.2 Å². The fourth-order valence-corrected chi connectivity index (χ4v) is 3.02. The van der Waals surface area contributed by atoms with Gasteiger partial charge in [-0.2, -0.15) is 5.10 Å². The van der Waals surface area contributed by atoms with E-state index in [4.69, 9.17) is 0 Å². The summed E-state index contributed by atoms with van der Waals surface area (Å²) in [6.07, 6.45) is 6.04. The Bertz CT molecular complexity index is 641. The van der Waals surface area contributed by atoms with E-state index in [1.165, 1.54) is 5.56 Å². The first-order chi connectivity index (χ1) is 11.6. The van der Waals surface area contributed by atoms with Crippen LogP contribution >= 0.6 is 0 Å². The Morgan fingerprint density at radius 2 is 1.88 bits per heavy atom. The average Bonchev–Trinajstić information content (AvgIpc) is 3.05. The Hall–Kier alpha value is -2.30. The third kappa shape index (κ3) is 4.37. The fourth-order valence-electron chi connectivity index (χ4n) is 3.02. The van der Waals surface area contributed by atoms with Crippen molar-refractivity contribution in [3.05, 3.63) is 53.9 Å². The van der Waals surface area contributed by atoms with Gasteiger partial charge in [0.2, 0.25) is 0 Å². The molecule has 5 nitrogen and oxygen atoms in total. The summed E-state index contributed by atoms with van der Waals surface area (Å²) in [6.45, 7) is 6.08. The summed E-state index contributed by atoms with van der Waals surface area (Å²) in [5.74, 6) is 0.820. The minimum atomic E-state index is 0.118. The predicted molar refractivity (Wildman–Crippen MR) is 100 cm³/mol. The number of rotatable bonds is 7. The number of aliphatic imine (C=N–C) groups is 1. The van der Waals surface area contributed by atoms with Gasteiger partial charge in [0.1, 0.15) is 0 Å². The van der Waals surface area contributed by atoms with Crippen LogP contribution in [-0.2, 0) is 19.0 Å². The molecule has 1 aromatic carbocycles. The van der Waals surface area contributed by atoms with Crippen LogP contribution in [0.2, 0.25) is 0 Å². The number of nitrogens with zero attached hydrogens (tertiary/aromatic N) is 3. The third-order valence-electron chi connectivity index (χ3n) is 4.78. The number of nitrogens with one attached hydrogen (secondary N) is 2. The van der Waals surface area contributed by atoms with E-state index in [-0.39, 0.29) is 5.41 Å². The summed E-state index contributed by atoms with van der Waals surface area (Å²) in [7, 11) is 3.73. The van der Waals surface area contributed by atoms with E-state index in [9.17, 15) is 0 Å². The Labute approximate surface area is 145 Å². The molecule has 0 radical (unpaired) electrons. The molecule has 0 aliphatic rings. The SMILES string of the molecule is CCC(CC)(CNC(=NC)NCc1cnn(C)c1)c1ccccc1. The first-order valence-corrected chi connectivity index (χ1v) is 8.61. The van der Waals surface area contributed by atoms with Crippen LogP contribution in [0.1, 0.15) is 37.8 Å². The molecular formula is C19H29N5. The van der Waals surface area contributed by atoms with Crippen LogP contribution in [0.5, 0.6) is 0 Å². The molecule has 0 bridgehead atoms. The highest BCUT2D eigenvalue weighted by Crippen LogP contribution is 2.30. The maximum Gasteiger partial charge on any atom is 0.191 e. The molecule has 0 saturated carbocycles. The average molecular weight is 327 g/mol. The second-order valence-electron chi connectivity index (χ2n) is 6.16. The molecule has 0 atom stereocenters. The van der Waals surface area contributed by atoms with E-state index in [0.29, 0.717) is 6.54 Å². The van der Waals surface area contributed by atoms with Crippen LogP contribution in [0, 0.1) is 0 Å². The third-order valence-corrected chi connectivity index (χ3v) is 4.78. The first-order valence-electron chi connectivity index (χ1n) is 8.61. The van der Waals surface area contributed by atoms with Crippen molar-refractivity contribution in [3.63, 3.8) is 0 Å². The van der Waals surface area contributed by atoms with Gasteiger partial charge in [-0.1, -0.05) is 44.2 Å². The van der Waals surface area contributed by atoms with Crippen LogP contribution in [0.3, 0.4) is 0 Å². The highest BCUT2D eigenvalue weighted by Gasteiger charge is 2.28. The molecule has 0 saturated heterocycles. The summed E-state index contributed by atoms with van der Waals surface area (Å²) in [4.78, 5) is 4.34. The van der Waals surface area contributed by atoms with Crippen molar-refractivity contribution in [2.24, 2.45) is 12.0 Å². The monoisotopic (exact) mass is 327 g/mol. The normalized spacial score (nSPS) is 12.2. The van der Waals surface area contributed by atoms with Crippen molar-refractivity contribution in [1.82, 2.24) is 20.4 Å². The van der Waals surface area contributed by atoms with Gasteiger partial charge < -0.3 is 10.6 Å². The fraction of sp³-hybridized carbons (Fsp3) is 0.474. The largest absolute Gasteiger partial charge is 0.356 e. The van der Waals surface area contributed by atoms with Crippen LogP contribution in [-0.4, -0.2) is 29.3 Å². The second-order valence-corrected chi connectivity index (χ2v) is 6.16. The molecular weight excluding hydrogens is 298 g/mol. The van der Waals surface area contributed by atoms with E-state index in [0.717, 1.165) is 30.9 Å². The van der Waals surface area contributed by atoms with Crippen LogP contribution in [0.4, 0.5) is 0 Å². The van der Waals surface area contributed by atoms with E-state index in [1.54, 1.807) is 7.05 Å². The summed E-state index contributed by atoms with van der Waals surface area (Å²) in [5, 5.41) is 11.0. The van der Waals surface area contributed by atoms with Gasteiger partial charge in [-0.25, -0.2) is 0 Å². The molecule has 1 aromatic heterocycles. The van der Waals surface area contributed by atoms with Crippen molar-refractivity contribution in [3.8, 4) is 0 Å². The summed E-state index contributed by atoms with van der Waals surface area (Å²) in [5.41, 5.74) is 2.64. The van der Waals surface area contributed by atoms with Crippen LogP contribution < -0.4 is 10.6 Å². The quantitative estimate of drug-likeness (QED) is 0.607. The van der Waals surface area contributed by atoms with Crippen molar-refractivity contribution < 1.29 is 0 Å². The van der Waals surface area contributed by atoms with E-state index < -0.39 is 0 Å². The predicted octanol–water partition coefficient (Wildman–Crippen LogP) is 2.84. The lowest BCUT2D eigenvalue weighted by atomic mass is 9.76. The maximum atomic E-state index is 4.34. The number of hydrogen-bond acceptors (Lipinski definition) is 2. The van der Waals surface area contributed by atoms with E-state index in [2.05, 4.69) is 64.9 Å². The van der Waals surface area contributed by atoms with Crippen molar-refractivity contribution in [2.45, 2.75) is 38.6 Å². The molecule has 1 heterocycles.